The maximum Gasteiger partial charge on any atom is 0.335 e. The van der Waals surface area contributed by atoms with Crippen molar-refractivity contribution in [2.45, 2.75) is 19.9 Å². The monoisotopic (exact) mass is 370 g/mol. The minimum atomic E-state index is -1.01. The number of halogens is 1. The largest absolute Gasteiger partial charge is 0.478 e. The maximum absolute atomic E-state index is 13.4. The fraction of sp³-hybridized carbons (Fsp3) is 0.250. The number of aryl methyl sites for hydroxylation is 1. The first-order valence-electron chi connectivity index (χ1n) is 8.51. The lowest BCUT2D eigenvalue weighted by atomic mass is 10.1. The fourth-order valence-corrected chi connectivity index (χ4v) is 3.03. The number of carboxylic acid groups (broad SMARTS) is 1. The minimum absolute atomic E-state index is 0.0974. The van der Waals surface area contributed by atoms with E-state index >= 15 is 0 Å². The molecule has 0 aromatic heterocycles. The summed E-state index contributed by atoms with van der Waals surface area (Å²) >= 11 is 0. The van der Waals surface area contributed by atoms with Gasteiger partial charge < -0.3 is 15.3 Å². The first-order valence-corrected chi connectivity index (χ1v) is 8.51. The van der Waals surface area contributed by atoms with Crippen LogP contribution in [0.5, 0.6) is 0 Å². The Labute approximate surface area is 155 Å². The van der Waals surface area contributed by atoms with Gasteiger partial charge in [-0.3, -0.25) is 9.59 Å². The van der Waals surface area contributed by atoms with Crippen molar-refractivity contribution in [1.29, 1.82) is 0 Å². The topological polar surface area (TPSA) is 86.7 Å². The van der Waals surface area contributed by atoms with Crippen LogP contribution in [0.25, 0.3) is 0 Å². The number of carboxylic acids is 1. The second-order valence-corrected chi connectivity index (χ2v) is 6.56. The molecular formula is C20H19FN2O4. The summed E-state index contributed by atoms with van der Waals surface area (Å²) in [6.45, 7) is 2.12. The van der Waals surface area contributed by atoms with Crippen LogP contribution < -0.4 is 10.2 Å². The lowest BCUT2D eigenvalue weighted by molar-refractivity contribution is -0.126. The number of anilines is 1. The maximum atomic E-state index is 13.4. The van der Waals surface area contributed by atoms with Gasteiger partial charge in [0.2, 0.25) is 11.8 Å². The van der Waals surface area contributed by atoms with Crippen LogP contribution in [0.3, 0.4) is 0 Å². The van der Waals surface area contributed by atoms with Crippen LogP contribution in [0.4, 0.5) is 10.1 Å². The van der Waals surface area contributed by atoms with Crippen LogP contribution in [0.2, 0.25) is 0 Å². The molecule has 1 fully saturated rings. The Morgan fingerprint density at radius 2 is 1.93 bits per heavy atom. The second kappa shape index (κ2) is 7.57. The number of carbonyl (C=O) groups excluding carboxylic acids is 2. The Bertz CT molecular complexity index is 895. The number of hydrogen-bond acceptors (Lipinski definition) is 3. The van der Waals surface area contributed by atoms with Gasteiger partial charge in [0, 0.05) is 25.2 Å². The van der Waals surface area contributed by atoms with E-state index in [4.69, 9.17) is 5.11 Å². The molecule has 0 aliphatic carbocycles. The predicted molar refractivity (Wildman–Crippen MR) is 96.8 cm³/mol. The minimum Gasteiger partial charge on any atom is -0.478 e. The molecule has 0 radical (unpaired) electrons. The molecule has 1 saturated heterocycles. The van der Waals surface area contributed by atoms with Crippen molar-refractivity contribution in [3.63, 3.8) is 0 Å². The van der Waals surface area contributed by atoms with E-state index in [9.17, 15) is 18.8 Å². The normalized spacial score (nSPS) is 16.4. The lowest BCUT2D eigenvalue weighted by Crippen LogP contribution is -2.32. The average molecular weight is 370 g/mol. The molecule has 6 nitrogen and oxygen atoms in total. The molecule has 1 aliphatic heterocycles. The summed E-state index contributed by atoms with van der Waals surface area (Å²) in [6.07, 6.45) is 0.0974. The number of benzene rings is 2. The molecule has 2 aromatic rings. The summed E-state index contributed by atoms with van der Waals surface area (Å²) in [5.74, 6) is -2.25. The molecule has 1 atom stereocenters. The van der Waals surface area contributed by atoms with Crippen LogP contribution >= 0.6 is 0 Å². The third kappa shape index (κ3) is 4.13. The van der Waals surface area contributed by atoms with Crippen LogP contribution in [0, 0.1) is 18.7 Å². The summed E-state index contributed by atoms with van der Waals surface area (Å²) in [5.41, 5.74) is 1.97. The highest BCUT2D eigenvalue weighted by Gasteiger charge is 2.35. The van der Waals surface area contributed by atoms with Gasteiger partial charge >= 0.3 is 5.97 Å². The zero-order chi connectivity index (χ0) is 19.6. The number of amides is 2. The van der Waals surface area contributed by atoms with Crippen molar-refractivity contribution in [3.8, 4) is 0 Å². The third-order valence-corrected chi connectivity index (χ3v) is 4.62. The Hall–Kier alpha value is -3.22. The molecule has 7 heteroatoms. The van der Waals surface area contributed by atoms with E-state index in [2.05, 4.69) is 5.32 Å². The van der Waals surface area contributed by atoms with Crippen LogP contribution in [-0.2, 0) is 16.1 Å². The quantitative estimate of drug-likeness (QED) is 0.847. The lowest BCUT2D eigenvalue weighted by Gasteiger charge is -2.17. The summed E-state index contributed by atoms with van der Waals surface area (Å²) in [6, 6.07) is 10.7. The molecular weight excluding hydrogens is 351 g/mol. The average Bonchev–Trinajstić information content (AvgIpc) is 3.04. The van der Waals surface area contributed by atoms with Gasteiger partial charge in [-0.1, -0.05) is 12.1 Å². The van der Waals surface area contributed by atoms with Crippen LogP contribution in [0.15, 0.2) is 42.5 Å². The Morgan fingerprint density at radius 1 is 1.22 bits per heavy atom. The molecule has 2 aromatic carbocycles. The highest BCUT2D eigenvalue weighted by atomic mass is 19.1. The van der Waals surface area contributed by atoms with E-state index in [1.165, 1.54) is 29.2 Å². The second-order valence-electron chi connectivity index (χ2n) is 6.56. The van der Waals surface area contributed by atoms with Crippen molar-refractivity contribution in [1.82, 2.24) is 5.32 Å². The van der Waals surface area contributed by atoms with Crippen LogP contribution in [0.1, 0.15) is 27.9 Å². The molecule has 1 heterocycles. The Morgan fingerprint density at radius 3 is 2.56 bits per heavy atom. The molecule has 0 bridgehead atoms. The predicted octanol–water partition coefficient (Wildman–Crippen LogP) is 2.50. The van der Waals surface area contributed by atoms with E-state index in [1.807, 2.05) is 0 Å². The van der Waals surface area contributed by atoms with Crippen molar-refractivity contribution in [2.24, 2.45) is 5.92 Å². The highest BCUT2D eigenvalue weighted by molar-refractivity contribution is 6.00. The van der Waals surface area contributed by atoms with E-state index in [0.717, 1.165) is 5.56 Å². The van der Waals surface area contributed by atoms with Gasteiger partial charge in [0.25, 0.3) is 0 Å². The first-order chi connectivity index (χ1) is 12.8. The number of nitrogens with zero attached hydrogens (tertiary/aromatic N) is 1. The first kappa shape index (κ1) is 18.6. The summed E-state index contributed by atoms with van der Waals surface area (Å²) in [7, 11) is 0. The highest BCUT2D eigenvalue weighted by Crippen LogP contribution is 2.26. The molecule has 1 unspecified atom stereocenters. The van der Waals surface area contributed by atoms with E-state index in [1.54, 1.807) is 25.1 Å². The molecule has 3 rings (SSSR count). The van der Waals surface area contributed by atoms with E-state index in [-0.39, 0.29) is 42.7 Å². The molecule has 27 heavy (non-hydrogen) atoms. The van der Waals surface area contributed by atoms with E-state index < -0.39 is 11.9 Å². The van der Waals surface area contributed by atoms with Gasteiger partial charge in [0.15, 0.2) is 0 Å². The molecule has 2 amide bonds. The fourth-order valence-electron chi connectivity index (χ4n) is 3.03. The third-order valence-electron chi connectivity index (χ3n) is 4.62. The molecule has 2 N–H and O–H groups in total. The van der Waals surface area contributed by atoms with Gasteiger partial charge in [0.05, 0.1) is 11.5 Å². The van der Waals surface area contributed by atoms with Gasteiger partial charge in [0.1, 0.15) is 5.82 Å². The summed E-state index contributed by atoms with van der Waals surface area (Å²) in [5, 5.41) is 11.7. The molecule has 0 spiro atoms. The van der Waals surface area contributed by atoms with Gasteiger partial charge in [-0.2, -0.15) is 0 Å². The van der Waals surface area contributed by atoms with Gasteiger partial charge in [-0.25, -0.2) is 9.18 Å². The zero-order valence-corrected chi connectivity index (χ0v) is 14.7. The standard InChI is InChI=1S/C20H19FN2O4/c1-12-8-16(6-7-17(12)21)23-11-15(9-18(23)24)19(25)22-10-13-2-4-14(5-3-13)20(26)27/h2-8,15H,9-11H2,1H3,(H,22,25)(H,26,27). The number of hydrogen-bond donors (Lipinski definition) is 2. The van der Waals surface area contributed by atoms with Crippen LogP contribution in [-0.4, -0.2) is 29.4 Å². The zero-order valence-electron chi connectivity index (χ0n) is 14.7. The van der Waals surface area contributed by atoms with E-state index in [0.29, 0.717) is 11.3 Å². The van der Waals surface area contributed by atoms with Crippen molar-refractivity contribution < 1.29 is 23.9 Å². The Kier molecular flexibility index (Phi) is 5.21. The van der Waals surface area contributed by atoms with Crippen molar-refractivity contribution >= 4 is 23.5 Å². The number of aromatic carboxylic acids is 1. The SMILES string of the molecule is Cc1cc(N2CC(C(=O)NCc3ccc(C(=O)O)cc3)CC2=O)ccc1F. The number of nitrogens with one attached hydrogen (secondary N) is 1. The molecule has 1 aliphatic rings. The number of rotatable bonds is 5. The Balaban J connectivity index is 1.60. The van der Waals surface area contributed by atoms with Crippen molar-refractivity contribution in [2.75, 3.05) is 11.4 Å². The number of carbonyl (C=O) groups is 3. The molecule has 140 valence electrons. The van der Waals surface area contributed by atoms with Gasteiger partial charge in [-0.15, -0.1) is 0 Å². The summed E-state index contributed by atoms with van der Waals surface area (Å²) in [4.78, 5) is 37.0. The summed E-state index contributed by atoms with van der Waals surface area (Å²) < 4.78 is 13.4. The van der Waals surface area contributed by atoms with Crippen molar-refractivity contribution in [3.05, 3.63) is 65.0 Å². The molecule has 0 saturated carbocycles. The van der Waals surface area contributed by atoms with Gasteiger partial charge in [-0.05, 0) is 48.4 Å². The smallest absolute Gasteiger partial charge is 0.335 e.